The van der Waals surface area contributed by atoms with Crippen molar-refractivity contribution in [3.63, 3.8) is 0 Å². The summed E-state index contributed by atoms with van der Waals surface area (Å²) in [4.78, 5) is 14.9. The average molecular weight is 212 g/mol. The van der Waals surface area contributed by atoms with Gasteiger partial charge in [0.1, 0.15) is 12.7 Å². The molecule has 0 saturated carbocycles. The van der Waals surface area contributed by atoms with Crippen molar-refractivity contribution in [1.82, 2.24) is 0 Å². The summed E-state index contributed by atoms with van der Waals surface area (Å²) in [7, 11) is 1.30. The SMILES string of the molecule is COC(=O)c1ccc(C(O)COO)cc1. The Labute approximate surface area is 86.8 Å². The van der Waals surface area contributed by atoms with E-state index in [2.05, 4.69) is 9.62 Å². The van der Waals surface area contributed by atoms with Crippen LogP contribution in [0.3, 0.4) is 0 Å². The van der Waals surface area contributed by atoms with E-state index in [0.717, 1.165) is 0 Å². The number of aliphatic hydroxyl groups excluding tert-OH is 1. The van der Waals surface area contributed by atoms with Crippen LogP contribution < -0.4 is 0 Å². The second kappa shape index (κ2) is 5.45. The van der Waals surface area contributed by atoms with Crippen molar-refractivity contribution in [2.24, 2.45) is 0 Å². The van der Waals surface area contributed by atoms with Gasteiger partial charge in [-0.05, 0) is 17.7 Å². The van der Waals surface area contributed by atoms with E-state index in [9.17, 15) is 9.90 Å². The molecule has 0 fully saturated rings. The summed E-state index contributed by atoms with van der Waals surface area (Å²) in [6, 6.07) is 6.19. The fourth-order valence-corrected chi connectivity index (χ4v) is 1.13. The van der Waals surface area contributed by atoms with Crippen LogP contribution in [0.1, 0.15) is 22.0 Å². The van der Waals surface area contributed by atoms with Crippen molar-refractivity contribution in [2.75, 3.05) is 13.7 Å². The Balaban J connectivity index is 2.76. The van der Waals surface area contributed by atoms with Crippen molar-refractivity contribution >= 4 is 5.97 Å². The molecule has 0 aliphatic rings. The summed E-state index contributed by atoms with van der Waals surface area (Å²) in [5, 5.41) is 17.6. The molecule has 0 bridgehead atoms. The molecule has 0 aromatic heterocycles. The van der Waals surface area contributed by atoms with Gasteiger partial charge in [0.25, 0.3) is 0 Å². The van der Waals surface area contributed by atoms with Crippen LogP contribution in [0.2, 0.25) is 0 Å². The maximum atomic E-state index is 11.1. The number of carbonyl (C=O) groups excluding carboxylic acids is 1. The Morgan fingerprint density at radius 1 is 1.40 bits per heavy atom. The van der Waals surface area contributed by atoms with E-state index in [4.69, 9.17) is 5.26 Å². The van der Waals surface area contributed by atoms with E-state index in [0.29, 0.717) is 11.1 Å². The quantitative estimate of drug-likeness (QED) is 0.442. The molecule has 0 aliphatic carbocycles. The molecule has 1 aromatic carbocycles. The Bertz CT molecular complexity index is 319. The van der Waals surface area contributed by atoms with E-state index in [1.165, 1.54) is 19.2 Å². The van der Waals surface area contributed by atoms with E-state index >= 15 is 0 Å². The number of hydrogen-bond acceptors (Lipinski definition) is 5. The molecule has 0 aliphatic heterocycles. The zero-order valence-corrected chi connectivity index (χ0v) is 8.21. The van der Waals surface area contributed by atoms with Crippen LogP contribution in [0.5, 0.6) is 0 Å². The van der Waals surface area contributed by atoms with Crippen molar-refractivity contribution in [3.05, 3.63) is 35.4 Å². The molecule has 0 saturated heterocycles. The summed E-state index contributed by atoms with van der Waals surface area (Å²) < 4.78 is 4.52. The number of carbonyl (C=O) groups is 1. The lowest BCUT2D eigenvalue weighted by molar-refractivity contribution is -0.257. The van der Waals surface area contributed by atoms with Crippen LogP contribution in [-0.4, -0.2) is 30.0 Å². The van der Waals surface area contributed by atoms with Gasteiger partial charge in [-0.2, -0.15) is 0 Å². The van der Waals surface area contributed by atoms with E-state index in [-0.39, 0.29) is 6.61 Å². The van der Waals surface area contributed by atoms with Crippen molar-refractivity contribution < 1.29 is 24.8 Å². The standard InChI is InChI=1S/C10H12O5/c1-14-10(12)8-4-2-7(3-5-8)9(11)6-15-13/h2-5,9,11,13H,6H2,1H3. The molecular weight excluding hydrogens is 200 g/mol. The third kappa shape index (κ3) is 3.02. The summed E-state index contributed by atoms with van der Waals surface area (Å²) in [5.41, 5.74) is 0.954. The number of benzene rings is 1. The Morgan fingerprint density at radius 2 is 2.00 bits per heavy atom. The van der Waals surface area contributed by atoms with Gasteiger partial charge in [-0.1, -0.05) is 12.1 Å². The smallest absolute Gasteiger partial charge is 0.337 e. The zero-order chi connectivity index (χ0) is 11.3. The average Bonchev–Trinajstić information content (AvgIpc) is 2.28. The first-order valence-corrected chi connectivity index (χ1v) is 4.31. The molecule has 1 aromatic rings. The largest absolute Gasteiger partial charge is 0.465 e. The number of methoxy groups -OCH3 is 1. The predicted molar refractivity (Wildman–Crippen MR) is 51.3 cm³/mol. The Morgan fingerprint density at radius 3 is 2.47 bits per heavy atom. The molecule has 1 atom stereocenters. The molecule has 0 spiro atoms. The van der Waals surface area contributed by atoms with Gasteiger partial charge in [-0.3, -0.25) is 5.26 Å². The lowest BCUT2D eigenvalue weighted by Crippen LogP contribution is -2.06. The Kier molecular flexibility index (Phi) is 4.23. The first-order valence-electron chi connectivity index (χ1n) is 4.31. The number of esters is 1. The molecule has 15 heavy (non-hydrogen) atoms. The fourth-order valence-electron chi connectivity index (χ4n) is 1.13. The van der Waals surface area contributed by atoms with Crippen LogP contribution in [0.15, 0.2) is 24.3 Å². The molecule has 82 valence electrons. The van der Waals surface area contributed by atoms with Gasteiger partial charge in [-0.25, -0.2) is 9.68 Å². The fraction of sp³-hybridized carbons (Fsp3) is 0.300. The molecule has 1 rings (SSSR count). The van der Waals surface area contributed by atoms with Gasteiger partial charge in [0, 0.05) is 0 Å². The van der Waals surface area contributed by atoms with Gasteiger partial charge in [0.15, 0.2) is 0 Å². The van der Waals surface area contributed by atoms with Gasteiger partial charge in [-0.15, -0.1) is 0 Å². The maximum absolute atomic E-state index is 11.1. The van der Waals surface area contributed by atoms with Gasteiger partial charge in [0.2, 0.25) is 0 Å². The van der Waals surface area contributed by atoms with Crippen molar-refractivity contribution in [3.8, 4) is 0 Å². The van der Waals surface area contributed by atoms with Gasteiger partial charge < -0.3 is 9.84 Å². The Hall–Kier alpha value is -1.43. The topological polar surface area (TPSA) is 76.0 Å². The third-order valence-corrected chi connectivity index (χ3v) is 1.95. The highest BCUT2D eigenvalue weighted by molar-refractivity contribution is 5.89. The molecular formula is C10H12O5. The maximum Gasteiger partial charge on any atom is 0.337 e. The third-order valence-electron chi connectivity index (χ3n) is 1.95. The lowest BCUT2D eigenvalue weighted by atomic mass is 10.1. The number of hydrogen-bond donors (Lipinski definition) is 2. The van der Waals surface area contributed by atoms with E-state index in [1.807, 2.05) is 0 Å². The van der Waals surface area contributed by atoms with Crippen LogP contribution in [-0.2, 0) is 9.62 Å². The highest BCUT2D eigenvalue weighted by atomic mass is 17.1. The van der Waals surface area contributed by atoms with Gasteiger partial charge in [0.05, 0.1) is 12.7 Å². The number of rotatable bonds is 4. The highest BCUT2D eigenvalue weighted by Crippen LogP contribution is 2.14. The van der Waals surface area contributed by atoms with Crippen LogP contribution in [0.4, 0.5) is 0 Å². The summed E-state index contributed by atoms with van der Waals surface area (Å²) in [5.74, 6) is -0.436. The predicted octanol–water partition coefficient (Wildman–Crippen LogP) is 0.996. The molecule has 2 N–H and O–H groups in total. The summed E-state index contributed by atoms with van der Waals surface area (Å²) in [6.07, 6.45) is -0.915. The minimum absolute atomic E-state index is 0.211. The number of aliphatic hydroxyl groups is 1. The number of ether oxygens (including phenoxy) is 1. The second-order valence-electron chi connectivity index (χ2n) is 2.93. The minimum Gasteiger partial charge on any atom is -0.465 e. The summed E-state index contributed by atoms with van der Waals surface area (Å²) in [6.45, 7) is -0.211. The lowest BCUT2D eigenvalue weighted by Gasteiger charge is -2.08. The van der Waals surface area contributed by atoms with Gasteiger partial charge >= 0.3 is 5.97 Å². The molecule has 5 nitrogen and oxygen atoms in total. The van der Waals surface area contributed by atoms with Crippen LogP contribution in [0.25, 0.3) is 0 Å². The van der Waals surface area contributed by atoms with E-state index in [1.54, 1.807) is 12.1 Å². The first kappa shape index (κ1) is 11.6. The molecule has 0 heterocycles. The monoisotopic (exact) mass is 212 g/mol. The second-order valence-corrected chi connectivity index (χ2v) is 2.93. The minimum atomic E-state index is -0.915. The molecule has 1 unspecified atom stereocenters. The first-order chi connectivity index (χ1) is 7.19. The molecule has 5 heteroatoms. The summed E-state index contributed by atoms with van der Waals surface area (Å²) >= 11 is 0. The zero-order valence-electron chi connectivity index (χ0n) is 8.21. The van der Waals surface area contributed by atoms with Crippen molar-refractivity contribution in [1.29, 1.82) is 0 Å². The van der Waals surface area contributed by atoms with E-state index < -0.39 is 12.1 Å². The molecule has 0 radical (unpaired) electrons. The van der Waals surface area contributed by atoms with Crippen LogP contribution >= 0.6 is 0 Å². The van der Waals surface area contributed by atoms with Crippen molar-refractivity contribution in [2.45, 2.75) is 6.10 Å². The van der Waals surface area contributed by atoms with Crippen LogP contribution in [0, 0.1) is 0 Å². The normalized spacial score (nSPS) is 12.2. The molecule has 0 amide bonds. The highest BCUT2D eigenvalue weighted by Gasteiger charge is 2.09.